The Balaban J connectivity index is 2.38. The summed E-state index contributed by atoms with van der Waals surface area (Å²) in [6, 6.07) is 0. The number of ether oxygens (including phenoxy) is 1. The molecule has 0 aromatic heterocycles. The van der Waals surface area contributed by atoms with Gasteiger partial charge in [0.15, 0.2) is 9.02 Å². The van der Waals surface area contributed by atoms with Crippen molar-refractivity contribution in [2.45, 2.75) is 20.3 Å². The topological polar surface area (TPSA) is 26.3 Å². The van der Waals surface area contributed by atoms with Crippen LogP contribution in [-0.2, 0) is 9.53 Å². The summed E-state index contributed by atoms with van der Waals surface area (Å²) in [4.78, 5) is 11.4. The highest BCUT2D eigenvalue weighted by atomic mass is 79.9. The van der Waals surface area contributed by atoms with Gasteiger partial charge in [0.1, 0.15) is 10.9 Å². The average molecular weight is 361 g/mol. The van der Waals surface area contributed by atoms with Gasteiger partial charge in [0.05, 0.1) is 6.10 Å². The smallest absolute Gasteiger partial charge is 0.179 e. The number of hydrogen-bond donors (Lipinski definition) is 0. The predicted octanol–water partition coefficient (Wildman–Crippen LogP) is 2.14. The molecule has 0 spiro atoms. The fourth-order valence-corrected chi connectivity index (χ4v) is 3.61. The van der Waals surface area contributed by atoms with Gasteiger partial charge >= 0.3 is 0 Å². The van der Waals surface area contributed by atoms with Crippen LogP contribution in [0.3, 0.4) is 0 Å². The molecule has 2 nitrogen and oxygen atoms in total. The van der Waals surface area contributed by atoms with E-state index in [1.807, 2.05) is 12.2 Å². The van der Waals surface area contributed by atoms with Crippen LogP contribution in [0.5, 0.6) is 0 Å². The number of carbonyl (C=O) groups excluding carboxylic acids is 1. The maximum Gasteiger partial charge on any atom is 0.179 e. The maximum absolute atomic E-state index is 11.6. The van der Waals surface area contributed by atoms with Gasteiger partial charge in [-0.1, -0.05) is 59.9 Å². The van der Waals surface area contributed by atoms with E-state index in [9.17, 15) is 4.79 Å². The van der Waals surface area contributed by atoms with Gasteiger partial charge in [-0.2, -0.15) is 0 Å². The van der Waals surface area contributed by atoms with Crippen molar-refractivity contribution in [3.05, 3.63) is 12.2 Å². The molecule has 0 saturated carbocycles. The molecule has 2 heterocycles. The molecule has 2 aliphatic rings. The highest BCUT2D eigenvalue weighted by molar-refractivity contribution is 9.26. The van der Waals surface area contributed by atoms with Crippen molar-refractivity contribution in [2.75, 3.05) is 0 Å². The summed E-state index contributed by atoms with van der Waals surface area (Å²) in [6.07, 6.45) is 3.51. The highest BCUT2D eigenvalue weighted by Crippen LogP contribution is 2.44. The zero-order chi connectivity index (χ0) is 8.93. The fourth-order valence-electron chi connectivity index (χ4n) is 1.32. The van der Waals surface area contributed by atoms with E-state index in [4.69, 9.17) is 4.74 Å². The maximum atomic E-state index is 11.6. The van der Waals surface area contributed by atoms with Gasteiger partial charge in [0.25, 0.3) is 0 Å². The van der Waals surface area contributed by atoms with Crippen molar-refractivity contribution in [3.63, 3.8) is 0 Å². The Morgan fingerprint density at radius 1 is 1.42 bits per heavy atom. The Hall–Kier alpha value is 0.810. The van der Waals surface area contributed by atoms with E-state index < -0.39 is 3.23 Å². The fraction of sp³-hybridized carbons (Fsp3) is 0.571. The van der Waals surface area contributed by atoms with E-state index in [-0.39, 0.29) is 22.8 Å². The van der Waals surface area contributed by atoms with Crippen molar-refractivity contribution in [1.82, 2.24) is 0 Å². The number of ketones is 1. The van der Waals surface area contributed by atoms with Crippen LogP contribution in [0.25, 0.3) is 0 Å². The van der Waals surface area contributed by atoms with Crippen molar-refractivity contribution in [1.29, 1.82) is 0 Å². The molecule has 1 saturated heterocycles. The van der Waals surface area contributed by atoms with Crippen LogP contribution in [0.15, 0.2) is 12.2 Å². The average Bonchev–Trinajstić information content (AvgIpc) is 2.46. The van der Waals surface area contributed by atoms with E-state index in [0.717, 1.165) is 0 Å². The monoisotopic (exact) mass is 358 g/mol. The lowest BCUT2D eigenvalue weighted by atomic mass is 10.1. The molecule has 0 aromatic rings. The Kier molecular flexibility index (Phi) is 2.27. The number of fused-ring (bicyclic) bond motifs is 2. The van der Waals surface area contributed by atoms with Crippen LogP contribution in [0.4, 0.5) is 0 Å². The summed E-state index contributed by atoms with van der Waals surface area (Å²) in [5, 5.41) is 0. The second kappa shape index (κ2) is 2.90. The van der Waals surface area contributed by atoms with Gasteiger partial charge in [-0.25, -0.2) is 0 Å². The third-order valence-corrected chi connectivity index (χ3v) is 4.63. The Morgan fingerprint density at radius 3 is 2.75 bits per heavy atom. The summed E-state index contributed by atoms with van der Waals surface area (Å²) in [7, 11) is 0. The Bertz CT molecular complexity index is 261. The largest absolute Gasteiger partial charge is 0.362 e. The molecular weight excluding hydrogens is 356 g/mol. The molecule has 0 aromatic carbocycles. The molecule has 0 aliphatic carbocycles. The van der Waals surface area contributed by atoms with Crippen LogP contribution in [0.2, 0.25) is 0 Å². The van der Waals surface area contributed by atoms with E-state index in [1.165, 1.54) is 0 Å². The van der Waals surface area contributed by atoms with Gasteiger partial charge in [0, 0.05) is 0 Å². The summed E-state index contributed by atoms with van der Waals surface area (Å²) in [5.74, 6) is 0.0775. The quantitative estimate of drug-likeness (QED) is 0.489. The first kappa shape index (κ1) is 9.37. The Morgan fingerprint density at radius 2 is 2.08 bits per heavy atom. The zero-order valence-corrected chi connectivity index (χ0v) is 10.6. The van der Waals surface area contributed by atoms with Crippen LogP contribution >= 0.6 is 47.8 Å². The molecule has 1 fully saturated rings. The molecule has 2 aliphatic heterocycles. The molecule has 5 heteroatoms. The number of halogens is 3. The van der Waals surface area contributed by atoms with Gasteiger partial charge < -0.3 is 4.74 Å². The first-order chi connectivity index (χ1) is 5.53. The first-order valence-corrected chi connectivity index (χ1v) is 5.93. The lowest BCUT2D eigenvalue weighted by molar-refractivity contribution is -0.127. The first-order valence-electron chi connectivity index (χ1n) is 3.43. The number of Topliss-reactive ketones (excluding diaryl/α,β-unsaturated/α-hetero) is 1. The Labute approximate surface area is 95.1 Å². The van der Waals surface area contributed by atoms with E-state index in [1.54, 1.807) is 0 Å². The van der Waals surface area contributed by atoms with E-state index in [0.29, 0.717) is 0 Å². The molecule has 0 radical (unpaired) electrons. The number of hydrogen-bond acceptors (Lipinski definition) is 2. The molecule has 3 atom stereocenters. The van der Waals surface area contributed by atoms with Crippen molar-refractivity contribution in [2.24, 2.45) is 0 Å². The summed E-state index contributed by atoms with van der Waals surface area (Å²) in [5.41, 5.74) is 0. The van der Waals surface area contributed by atoms with Gasteiger partial charge in [0.2, 0.25) is 0 Å². The number of alkyl halides is 3. The molecular formula is C7H5Br3O2. The van der Waals surface area contributed by atoms with Gasteiger partial charge in [-0.3, -0.25) is 4.79 Å². The van der Waals surface area contributed by atoms with Crippen molar-refractivity contribution >= 4 is 53.6 Å². The van der Waals surface area contributed by atoms with Crippen LogP contribution < -0.4 is 0 Å². The highest BCUT2D eigenvalue weighted by Gasteiger charge is 2.53. The lowest BCUT2D eigenvalue weighted by Crippen LogP contribution is -2.51. The zero-order valence-electron chi connectivity index (χ0n) is 5.84. The van der Waals surface area contributed by atoms with Crippen LogP contribution in [-0.4, -0.2) is 26.1 Å². The molecule has 66 valence electrons. The standard InChI is InChI=1S/C7H5Br3O2/c8-5-3-1-2-4(12-3)7(9,10)6(5)11/h1-5H. The molecule has 2 rings (SSSR count). The summed E-state index contributed by atoms with van der Waals surface area (Å²) < 4.78 is 4.77. The van der Waals surface area contributed by atoms with Gasteiger partial charge in [-0.15, -0.1) is 0 Å². The van der Waals surface area contributed by atoms with E-state index >= 15 is 0 Å². The van der Waals surface area contributed by atoms with Crippen LogP contribution in [0, 0.1) is 0 Å². The van der Waals surface area contributed by atoms with Crippen molar-refractivity contribution in [3.8, 4) is 0 Å². The third kappa shape index (κ3) is 1.17. The minimum Gasteiger partial charge on any atom is -0.362 e. The van der Waals surface area contributed by atoms with Gasteiger partial charge in [-0.05, 0) is 0 Å². The summed E-state index contributed by atoms with van der Waals surface area (Å²) >= 11 is 9.92. The second-order valence-electron chi connectivity index (χ2n) is 2.80. The SMILES string of the molecule is O=C1C(Br)C2C=CC(O2)C1(Br)Br. The summed E-state index contributed by atoms with van der Waals surface area (Å²) in [6.45, 7) is 0. The second-order valence-corrected chi connectivity index (χ2v) is 7.35. The van der Waals surface area contributed by atoms with Crippen LogP contribution in [0.1, 0.15) is 0 Å². The number of carbonyl (C=O) groups is 1. The molecule has 3 unspecified atom stereocenters. The van der Waals surface area contributed by atoms with E-state index in [2.05, 4.69) is 47.8 Å². The lowest BCUT2D eigenvalue weighted by Gasteiger charge is -2.34. The molecule has 0 N–H and O–H groups in total. The molecule has 2 bridgehead atoms. The number of rotatable bonds is 0. The third-order valence-electron chi connectivity index (χ3n) is 2.00. The normalized spacial score (nSPS) is 43.6. The minimum atomic E-state index is -0.752. The van der Waals surface area contributed by atoms with Crippen molar-refractivity contribution < 1.29 is 9.53 Å². The predicted molar refractivity (Wildman–Crippen MR) is 56.1 cm³/mol. The minimum absolute atomic E-state index is 0.0775. The molecule has 0 amide bonds. The molecule has 12 heavy (non-hydrogen) atoms.